The fourth-order valence-corrected chi connectivity index (χ4v) is 4.09. The van der Waals surface area contributed by atoms with E-state index in [0.29, 0.717) is 11.6 Å². The number of hydrogen-bond donors (Lipinski definition) is 2. The minimum atomic E-state index is -0.222. The van der Waals surface area contributed by atoms with Crippen molar-refractivity contribution >= 4 is 28.2 Å². The third-order valence-electron chi connectivity index (χ3n) is 5.40. The van der Waals surface area contributed by atoms with Crippen molar-refractivity contribution < 1.29 is 4.79 Å². The number of carbonyl (C=O) groups is 1. The number of nitrogens with one attached hydrogen (secondary N) is 2. The maximum absolute atomic E-state index is 11.7. The first-order valence-electron chi connectivity index (χ1n) is 8.92. The van der Waals surface area contributed by atoms with E-state index in [2.05, 4.69) is 25.8 Å². The molecule has 0 spiro atoms. The van der Waals surface area contributed by atoms with Crippen molar-refractivity contribution in [3.63, 3.8) is 0 Å². The Kier molecular flexibility index (Phi) is 3.31. The van der Waals surface area contributed by atoms with Crippen LogP contribution < -0.4 is 5.69 Å². The number of hydrogen-bond acceptors (Lipinski definition) is 3. The molecule has 2 aromatic heterocycles. The summed E-state index contributed by atoms with van der Waals surface area (Å²) in [7, 11) is 0. The predicted molar refractivity (Wildman–Crippen MR) is 101 cm³/mol. The van der Waals surface area contributed by atoms with E-state index >= 15 is 0 Å². The van der Waals surface area contributed by atoms with Gasteiger partial charge in [-0.2, -0.15) is 5.10 Å². The molecule has 2 aromatic carbocycles. The Labute approximate surface area is 148 Å². The van der Waals surface area contributed by atoms with Crippen LogP contribution in [0, 0.1) is 0 Å². The van der Waals surface area contributed by atoms with Gasteiger partial charge in [-0.15, -0.1) is 0 Å². The summed E-state index contributed by atoms with van der Waals surface area (Å²) in [5.41, 5.74) is 4.85. The van der Waals surface area contributed by atoms with Crippen LogP contribution in [0.2, 0.25) is 0 Å². The summed E-state index contributed by atoms with van der Waals surface area (Å²) in [5.74, 6) is 0. The highest BCUT2D eigenvalue weighted by atomic mass is 16.1. The van der Waals surface area contributed by atoms with Gasteiger partial charge in [0.1, 0.15) is 0 Å². The lowest BCUT2D eigenvalue weighted by Crippen LogP contribution is -2.06. The fourth-order valence-electron chi connectivity index (χ4n) is 4.09. The number of H-pyrrole nitrogens is 2. The molecule has 0 atom stereocenters. The van der Waals surface area contributed by atoms with Crippen molar-refractivity contribution in [2.24, 2.45) is 0 Å². The number of imidazole rings is 1. The molecule has 1 aliphatic rings. The smallest absolute Gasteiger partial charge is 0.306 e. The van der Waals surface area contributed by atoms with Crippen LogP contribution >= 0.6 is 0 Å². The predicted octanol–water partition coefficient (Wildman–Crippen LogP) is 3.80. The molecule has 4 aromatic rings. The second-order valence-corrected chi connectivity index (χ2v) is 6.98. The molecular formula is C20H18N4O2. The van der Waals surface area contributed by atoms with Crippen LogP contribution in [0.5, 0.6) is 0 Å². The van der Waals surface area contributed by atoms with E-state index in [1.807, 2.05) is 24.3 Å². The highest BCUT2D eigenvalue weighted by molar-refractivity contribution is 6.00. The van der Waals surface area contributed by atoms with E-state index in [9.17, 15) is 9.59 Å². The Bertz CT molecular complexity index is 1190. The maximum atomic E-state index is 11.7. The van der Waals surface area contributed by atoms with Crippen molar-refractivity contribution in [2.75, 3.05) is 0 Å². The molecule has 0 aliphatic heterocycles. The molecule has 1 aliphatic carbocycles. The van der Waals surface area contributed by atoms with Gasteiger partial charge in [-0.1, -0.05) is 18.9 Å². The number of aldehydes is 1. The van der Waals surface area contributed by atoms with Gasteiger partial charge >= 0.3 is 5.69 Å². The highest BCUT2D eigenvalue weighted by Crippen LogP contribution is 2.34. The summed E-state index contributed by atoms with van der Waals surface area (Å²) in [4.78, 5) is 28.7. The van der Waals surface area contributed by atoms with Crippen molar-refractivity contribution in [3.8, 4) is 11.1 Å². The number of benzene rings is 2. The van der Waals surface area contributed by atoms with Crippen LogP contribution in [-0.4, -0.2) is 26.0 Å². The summed E-state index contributed by atoms with van der Waals surface area (Å²) in [6, 6.07) is 10.2. The molecule has 130 valence electrons. The molecule has 2 N–H and O–H groups in total. The summed E-state index contributed by atoms with van der Waals surface area (Å²) in [6.45, 7) is 0. The van der Waals surface area contributed by atoms with Crippen LogP contribution in [-0.2, 0) is 0 Å². The summed E-state index contributed by atoms with van der Waals surface area (Å²) >= 11 is 0. The number of fused-ring (bicyclic) bond motifs is 2. The van der Waals surface area contributed by atoms with Gasteiger partial charge in [0, 0.05) is 10.9 Å². The molecule has 6 heteroatoms. The molecule has 0 saturated heterocycles. The minimum Gasteiger partial charge on any atom is -0.306 e. The molecular weight excluding hydrogens is 328 g/mol. The summed E-state index contributed by atoms with van der Waals surface area (Å²) < 4.78 is 2.08. The Morgan fingerprint density at radius 3 is 2.65 bits per heavy atom. The lowest BCUT2D eigenvalue weighted by Gasteiger charge is -2.12. The molecule has 0 bridgehead atoms. The van der Waals surface area contributed by atoms with Crippen molar-refractivity contribution in [1.82, 2.24) is 19.7 Å². The van der Waals surface area contributed by atoms with Crippen LogP contribution in [0.3, 0.4) is 0 Å². The molecule has 6 nitrogen and oxygen atoms in total. The lowest BCUT2D eigenvalue weighted by molar-refractivity contribution is 0.112. The van der Waals surface area contributed by atoms with Crippen LogP contribution in [0.15, 0.2) is 41.3 Å². The monoisotopic (exact) mass is 346 g/mol. The molecule has 5 rings (SSSR count). The second kappa shape index (κ2) is 5.69. The number of aromatic amines is 2. The third kappa shape index (κ3) is 2.29. The Morgan fingerprint density at radius 2 is 1.85 bits per heavy atom. The number of carbonyl (C=O) groups excluding carboxylic acids is 1. The van der Waals surface area contributed by atoms with Crippen molar-refractivity contribution in [3.05, 3.63) is 52.6 Å². The van der Waals surface area contributed by atoms with Crippen LogP contribution in [0.4, 0.5) is 0 Å². The normalized spacial score (nSPS) is 15.2. The molecule has 26 heavy (non-hydrogen) atoms. The van der Waals surface area contributed by atoms with E-state index < -0.39 is 0 Å². The topological polar surface area (TPSA) is 83.5 Å². The second-order valence-electron chi connectivity index (χ2n) is 6.98. The van der Waals surface area contributed by atoms with Gasteiger partial charge in [0.2, 0.25) is 0 Å². The zero-order valence-corrected chi connectivity index (χ0v) is 14.2. The maximum Gasteiger partial charge on any atom is 0.323 e. The minimum absolute atomic E-state index is 0.222. The molecule has 2 heterocycles. The van der Waals surface area contributed by atoms with E-state index in [0.717, 1.165) is 52.2 Å². The number of rotatable bonds is 3. The highest BCUT2D eigenvalue weighted by Gasteiger charge is 2.20. The standard InChI is InChI=1S/C20H18N4O2/c25-11-14-7-13(12-5-6-17-18(8-12)23-20(26)22-17)9-19-16(14)10-21-24(19)15-3-1-2-4-15/h5-11,15H,1-4H2,(H2,22,23,26). The van der Waals surface area contributed by atoms with E-state index in [4.69, 9.17) is 0 Å². The first kappa shape index (κ1) is 15.1. The van der Waals surface area contributed by atoms with Gasteiger partial charge in [0.25, 0.3) is 0 Å². The van der Waals surface area contributed by atoms with Crippen LogP contribution in [0.1, 0.15) is 42.1 Å². The lowest BCUT2D eigenvalue weighted by atomic mass is 10.00. The van der Waals surface area contributed by atoms with E-state index in [1.165, 1.54) is 12.8 Å². The van der Waals surface area contributed by atoms with Gasteiger partial charge < -0.3 is 9.97 Å². The summed E-state index contributed by atoms with van der Waals surface area (Å²) in [6.07, 6.45) is 7.41. The Hall–Kier alpha value is -3.15. The largest absolute Gasteiger partial charge is 0.323 e. The Balaban J connectivity index is 1.71. The SMILES string of the molecule is O=Cc1cc(-c2ccc3[nH]c(=O)[nH]c3c2)cc2c1cnn2C1CCCC1. The van der Waals surface area contributed by atoms with E-state index in [-0.39, 0.29) is 5.69 Å². The van der Waals surface area contributed by atoms with Gasteiger partial charge in [-0.3, -0.25) is 9.48 Å². The molecule has 0 unspecified atom stereocenters. The zero-order chi connectivity index (χ0) is 17.7. The van der Waals surface area contributed by atoms with Crippen molar-refractivity contribution in [1.29, 1.82) is 0 Å². The van der Waals surface area contributed by atoms with Gasteiger partial charge in [0.15, 0.2) is 6.29 Å². The number of nitrogens with zero attached hydrogens (tertiary/aromatic N) is 2. The van der Waals surface area contributed by atoms with Gasteiger partial charge in [-0.05, 0) is 48.2 Å². The van der Waals surface area contributed by atoms with Crippen LogP contribution in [0.25, 0.3) is 33.1 Å². The van der Waals surface area contributed by atoms with E-state index in [1.54, 1.807) is 6.20 Å². The molecule has 1 fully saturated rings. The van der Waals surface area contributed by atoms with Gasteiger partial charge in [0.05, 0.1) is 28.8 Å². The summed E-state index contributed by atoms with van der Waals surface area (Å²) in [5, 5.41) is 5.47. The Morgan fingerprint density at radius 1 is 1.04 bits per heavy atom. The van der Waals surface area contributed by atoms with Gasteiger partial charge in [-0.25, -0.2) is 4.79 Å². The quantitative estimate of drug-likeness (QED) is 0.553. The van der Waals surface area contributed by atoms with Crippen molar-refractivity contribution in [2.45, 2.75) is 31.7 Å². The zero-order valence-electron chi connectivity index (χ0n) is 14.2. The number of aromatic nitrogens is 4. The average Bonchev–Trinajstić information content (AvgIpc) is 3.37. The first-order chi connectivity index (χ1) is 12.7. The molecule has 0 amide bonds. The molecule has 1 saturated carbocycles. The molecule has 0 radical (unpaired) electrons. The average molecular weight is 346 g/mol. The first-order valence-corrected chi connectivity index (χ1v) is 8.92. The third-order valence-corrected chi connectivity index (χ3v) is 5.40. The fraction of sp³-hybridized carbons (Fsp3) is 0.250.